The molecule has 1 atom stereocenters. The zero-order chi connectivity index (χ0) is 26.8. The fourth-order valence-corrected chi connectivity index (χ4v) is 7.56. The van der Waals surface area contributed by atoms with Crippen LogP contribution in [0.25, 0.3) is 22.0 Å². The van der Waals surface area contributed by atoms with E-state index in [4.69, 9.17) is 9.72 Å². The number of hydrogen-bond acceptors (Lipinski definition) is 5. The molecule has 0 unspecified atom stereocenters. The first-order valence-corrected chi connectivity index (χ1v) is 13.8. The Morgan fingerprint density at radius 2 is 1.62 bits per heavy atom. The number of hydrogen-bond donors (Lipinski definition) is 1. The van der Waals surface area contributed by atoms with E-state index in [2.05, 4.69) is 29.6 Å². The number of anilines is 1. The van der Waals surface area contributed by atoms with Gasteiger partial charge in [0.1, 0.15) is 11.2 Å². The van der Waals surface area contributed by atoms with Gasteiger partial charge in [-0.15, -0.1) is 11.3 Å². The molecule has 5 nitrogen and oxygen atoms in total. The molecule has 2 bridgehead atoms. The summed E-state index contributed by atoms with van der Waals surface area (Å²) in [5.41, 5.74) is 4.25. The molecule has 0 saturated heterocycles. The normalized spacial score (nSPS) is 22.5. The van der Waals surface area contributed by atoms with Crippen LogP contribution in [0.5, 0.6) is 5.75 Å². The van der Waals surface area contributed by atoms with E-state index >= 15 is 0 Å². The second kappa shape index (κ2) is 8.52. The van der Waals surface area contributed by atoms with Crippen LogP contribution in [-0.4, -0.2) is 18.0 Å². The summed E-state index contributed by atoms with van der Waals surface area (Å²) < 4.78 is 5.55. The molecule has 4 aromatic carbocycles. The number of amides is 1. The standard InChI is InChI=1S/C33H25N3O2S/c1-32(18-33(19-34)25-13-7-5-11-23(25)29(32)24-12-6-8-14-26(24)33)30(37)36-31-35-27(17-39-31)21-15-16-28(38-2)22-10-4-3-9-20(21)22/h3-17,29H,18H2,1-2H3,(H,35,36,37)/t29?,32-,33?/m0/s1. The summed E-state index contributed by atoms with van der Waals surface area (Å²) in [6, 6.07) is 30.9. The van der Waals surface area contributed by atoms with Gasteiger partial charge >= 0.3 is 0 Å². The lowest BCUT2D eigenvalue weighted by Gasteiger charge is -2.54. The molecule has 0 saturated carbocycles. The number of nitrogens with one attached hydrogen (secondary N) is 1. The van der Waals surface area contributed by atoms with Gasteiger partial charge in [-0.05, 0) is 53.1 Å². The van der Waals surface area contributed by atoms with Gasteiger partial charge in [-0.2, -0.15) is 5.26 Å². The quantitative estimate of drug-likeness (QED) is 0.267. The van der Waals surface area contributed by atoms with Crippen molar-refractivity contribution in [2.24, 2.45) is 5.41 Å². The van der Waals surface area contributed by atoms with Crippen LogP contribution in [0.1, 0.15) is 41.5 Å². The highest BCUT2D eigenvalue weighted by Crippen LogP contribution is 2.63. The Bertz CT molecular complexity index is 1790. The summed E-state index contributed by atoms with van der Waals surface area (Å²) in [6.45, 7) is 2.00. The van der Waals surface area contributed by atoms with E-state index in [1.165, 1.54) is 11.3 Å². The third kappa shape index (κ3) is 3.23. The fourth-order valence-electron chi connectivity index (χ4n) is 6.86. The van der Waals surface area contributed by atoms with Crippen molar-refractivity contribution >= 4 is 33.1 Å². The number of aromatic nitrogens is 1. The minimum atomic E-state index is -0.871. The lowest BCUT2D eigenvalue weighted by molar-refractivity contribution is -0.127. The second-order valence-corrected chi connectivity index (χ2v) is 11.4. The lowest BCUT2D eigenvalue weighted by Crippen LogP contribution is -2.53. The first-order chi connectivity index (χ1) is 19.0. The van der Waals surface area contributed by atoms with Gasteiger partial charge in [0.25, 0.3) is 0 Å². The van der Waals surface area contributed by atoms with Crippen molar-refractivity contribution < 1.29 is 9.53 Å². The van der Waals surface area contributed by atoms with Gasteiger partial charge in [0.2, 0.25) is 5.91 Å². The molecule has 0 aliphatic heterocycles. The van der Waals surface area contributed by atoms with Crippen molar-refractivity contribution in [1.29, 1.82) is 5.26 Å². The highest BCUT2D eigenvalue weighted by atomic mass is 32.1. The molecule has 1 amide bonds. The number of nitrogens with zero attached hydrogens (tertiary/aromatic N) is 2. The van der Waals surface area contributed by atoms with Gasteiger partial charge in [-0.3, -0.25) is 4.79 Å². The van der Waals surface area contributed by atoms with E-state index in [-0.39, 0.29) is 11.8 Å². The Labute approximate surface area is 230 Å². The third-order valence-corrected chi connectivity index (χ3v) is 9.30. The van der Waals surface area contributed by atoms with Crippen molar-refractivity contribution in [3.8, 4) is 23.1 Å². The molecule has 190 valence electrons. The lowest BCUT2D eigenvalue weighted by atomic mass is 9.47. The number of carbonyl (C=O) groups is 1. The van der Waals surface area contributed by atoms with Crippen LogP contribution in [0, 0.1) is 16.7 Å². The van der Waals surface area contributed by atoms with Crippen LogP contribution in [0.3, 0.4) is 0 Å². The van der Waals surface area contributed by atoms with E-state index in [1.807, 2.05) is 79.0 Å². The fraction of sp³-hybridized carbons (Fsp3) is 0.182. The zero-order valence-corrected chi connectivity index (χ0v) is 22.4. The monoisotopic (exact) mass is 527 g/mol. The number of ether oxygens (including phenoxy) is 1. The largest absolute Gasteiger partial charge is 0.496 e. The molecule has 39 heavy (non-hydrogen) atoms. The Morgan fingerprint density at radius 3 is 2.28 bits per heavy atom. The highest BCUT2D eigenvalue weighted by molar-refractivity contribution is 7.14. The van der Waals surface area contributed by atoms with E-state index in [0.717, 1.165) is 50.0 Å². The first-order valence-electron chi connectivity index (χ1n) is 12.9. The van der Waals surface area contributed by atoms with Gasteiger partial charge in [0, 0.05) is 22.2 Å². The molecular weight excluding hydrogens is 502 g/mol. The smallest absolute Gasteiger partial charge is 0.233 e. The average Bonchev–Trinajstić information content (AvgIpc) is 3.44. The topological polar surface area (TPSA) is 75.0 Å². The third-order valence-electron chi connectivity index (χ3n) is 8.55. The van der Waals surface area contributed by atoms with Crippen LogP contribution >= 0.6 is 11.3 Å². The number of benzene rings is 4. The molecule has 8 rings (SSSR count). The summed E-state index contributed by atoms with van der Waals surface area (Å²) in [7, 11) is 1.67. The molecule has 3 aliphatic carbocycles. The molecule has 1 heterocycles. The Hall–Kier alpha value is -4.47. The van der Waals surface area contributed by atoms with Crippen molar-refractivity contribution in [2.75, 3.05) is 12.4 Å². The average molecular weight is 528 g/mol. The van der Waals surface area contributed by atoms with E-state index in [0.29, 0.717) is 11.6 Å². The summed E-state index contributed by atoms with van der Waals surface area (Å²) in [5, 5.41) is 18.3. The van der Waals surface area contributed by atoms with Gasteiger partial charge < -0.3 is 10.1 Å². The maximum Gasteiger partial charge on any atom is 0.233 e. The number of thiazole rings is 1. The molecule has 0 radical (unpaired) electrons. The summed E-state index contributed by atoms with van der Waals surface area (Å²) >= 11 is 1.41. The van der Waals surface area contributed by atoms with E-state index in [1.54, 1.807) is 7.11 Å². The molecule has 0 fully saturated rings. The Kier molecular flexibility index (Phi) is 5.16. The highest BCUT2D eigenvalue weighted by Gasteiger charge is 2.61. The molecule has 1 aromatic heterocycles. The zero-order valence-electron chi connectivity index (χ0n) is 21.6. The minimum absolute atomic E-state index is 0.114. The molecule has 5 aromatic rings. The van der Waals surface area contributed by atoms with Crippen molar-refractivity contribution in [2.45, 2.75) is 24.7 Å². The predicted molar refractivity (Wildman–Crippen MR) is 154 cm³/mol. The first kappa shape index (κ1) is 23.6. The maximum absolute atomic E-state index is 14.1. The molecule has 0 spiro atoms. The predicted octanol–water partition coefficient (Wildman–Crippen LogP) is 7.28. The van der Waals surface area contributed by atoms with Gasteiger partial charge in [0.05, 0.1) is 24.3 Å². The van der Waals surface area contributed by atoms with Crippen molar-refractivity contribution in [3.63, 3.8) is 0 Å². The SMILES string of the molecule is COc1ccc(-c2csc(NC(=O)[C@@]3(C)CC4(C#N)c5ccccc5C3c3ccccc34)n2)c2ccccc12. The van der Waals surface area contributed by atoms with Crippen LogP contribution in [-0.2, 0) is 10.2 Å². The number of rotatable bonds is 4. The van der Waals surface area contributed by atoms with Gasteiger partial charge in [0.15, 0.2) is 5.13 Å². The molecule has 1 N–H and O–H groups in total. The number of carbonyl (C=O) groups excluding carboxylic acids is 1. The molecular formula is C33H25N3O2S. The second-order valence-electron chi connectivity index (χ2n) is 10.6. The molecule has 6 heteroatoms. The Balaban J connectivity index is 1.27. The summed E-state index contributed by atoms with van der Waals surface area (Å²) in [5.74, 6) is 0.548. The Morgan fingerprint density at radius 1 is 0.974 bits per heavy atom. The number of nitriles is 1. The number of methoxy groups -OCH3 is 1. The van der Waals surface area contributed by atoms with Gasteiger partial charge in [-0.25, -0.2) is 4.98 Å². The van der Waals surface area contributed by atoms with Gasteiger partial charge in [-0.1, -0.05) is 72.8 Å². The summed E-state index contributed by atoms with van der Waals surface area (Å²) in [4.78, 5) is 18.9. The van der Waals surface area contributed by atoms with Crippen LogP contribution in [0.2, 0.25) is 0 Å². The van der Waals surface area contributed by atoms with E-state index in [9.17, 15) is 10.1 Å². The minimum Gasteiger partial charge on any atom is -0.496 e. The van der Waals surface area contributed by atoms with Crippen LogP contribution in [0.4, 0.5) is 5.13 Å². The van der Waals surface area contributed by atoms with Crippen molar-refractivity contribution in [1.82, 2.24) is 4.98 Å². The van der Waals surface area contributed by atoms with Crippen LogP contribution < -0.4 is 10.1 Å². The molecule has 3 aliphatic rings. The maximum atomic E-state index is 14.1. The van der Waals surface area contributed by atoms with Crippen molar-refractivity contribution in [3.05, 3.63) is 113 Å². The summed E-state index contributed by atoms with van der Waals surface area (Å²) in [6.07, 6.45) is 0.419. The number of fused-ring (bicyclic) bond motifs is 2. The van der Waals surface area contributed by atoms with Crippen LogP contribution in [0.15, 0.2) is 90.3 Å². The van der Waals surface area contributed by atoms with E-state index < -0.39 is 10.8 Å².